The lowest BCUT2D eigenvalue weighted by molar-refractivity contribution is 0.0730. The molecule has 0 saturated carbocycles. The second kappa shape index (κ2) is 8.54. The summed E-state index contributed by atoms with van der Waals surface area (Å²) in [6.45, 7) is 9.08. The number of sulfonamides is 1. The maximum absolute atomic E-state index is 12.8. The number of rotatable bonds is 4. The number of morpholine rings is 1. The van der Waals surface area contributed by atoms with Crippen LogP contribution in [0.5, 0.6) is 0 Å². The van der Waals surface area contributed by atoms with Gasteiger partial charge in [0, 0.05) is 50.3 Å². The number of piperazine rings is 1. The van der Waals surface area contributed by atoms with Crippen LogP contribution < -0.4 is 9.80 Å². The summed E-state index contributed by atoms with van der Waals surface area (Å²) in [7, 11) is -3.53. The number of nitrogens with zero attached hydrogens (tertiary/aromatic N) is 6. The lowest BCUT2D eigenvalue weighted by Gasteiger charge is -2.36. The Hall–Kier alpha value is -2.34. The first-order valence-electron chi connectivity index (χ1n) is 10.7. The van der Waals surface area contributed by atoms with E-state index < -0.39 is 10.0 Å². The van der Waals surface area contributed by atoms with E-state index in [0.717, 1.165) is 48.0 Å². The van der Waals surface area contributed by atoms with Crippen LogP contribution >= 0.6 is 11.3 Å². The number of fused-ring (bicyclic) bond motifs is 1. The number of ether oxygens (including phenoxy) is 1. The normalized spacial score (nSPS) is 18.4. The first kappa shape index (κ1) is 21.5. The van der Waals surface area contributed by atoms with E-state index >= 15 is 0 Å². The minimum atomic E-state index is -3.53. The topological polar surface area (TPSA) is 91.8 Å². The molecule has 0 bridgehead atoms. The molecule has 2 aliphatic heterocycles. The van der Waals surface area contributed by atoms with E-state index in [1.807, 2.05) is 0 Å². The number of hydrogen-bond donors (Lipinski definition) is 0. The first-order valence-corrected chi connectivity index (χ1v) is 13.0. The summed E-state index contributed by atoms with van der Waals surface area (Å²) in [5.74, 6) is 1.79. The van der Waals surface area contributed by atoms with Gasteiger partial charge in [0.25, 0.3) is 0 Å². The van der Waals surface area contributed by atoms with Gasteiger partial charge in [0.2, 0.25) is 10.0 Å². The maximum atomic E-state index is 12.8. The molecule has 0 unspecified atom stereocenters. The minimum absolute atomic E-state index is 0.230. The third-order valence-electron chi connectivity index (χ3n) is 6.18. The molecule has 5 heterocycles. The van der Waals surface area contributed by atoms with Gasteiger partial charge in [-0.1, -0.05) is 0 Å². The number of aromatic nitrogens is 3. The largest absolute Gasteiger partial charge is 0.379 e. The van der Waals surface area contributed by atoms with Crippen molar-refractivity contribution in [2.24, 2.45) is 0 Å². The van der Waals surface area contributed by atoms with E-state index in [1.165, 1.54) is 20.9 Å². The lowest BCUT2D eigenvalue weighted by atomic mass is 10.2. The van der Waals surface area contributed by atoms with Crippen LogP contribution in [0.4, 0.5) is 11.6 Å². The van der Waals surface area contributed by atoms with Gasteiger partial charge in [-0.2, -0.15) is 4.31 Å². The highest BCUT2D eigenvalue weighted by Gasteiger charge is 2.27. The van der Waals surface area contributed by atoms with Gasteiger partial charge >= 0.3 is 0 Å². The molecule has 0 aliphatic carbocycles. The van der Waals surface area contributed by atoms with Gasteiger partial charge in [-0.05, 0) is 31.5 Å². The Kier molecular flexibility index (Phi) is 5.74. The molecule has 2 aliphatic rings. The fourth-order valence-corrected chi connectivity index (χ4v) is 6.54. The molecule has 0 aromatic carbocycles. The number of pyridine rings is 1. The van der Waals surface area contributed by atoms with Crippen molar-refractivity contribution in [3.05, 3.63) is 35.1 Å². The zero-order chi connectivity index (χ0) is 22.3. The Morgan fingerprint density at radius 2 is 1.66 bits per heavy atom. The molecule has 3 aromatic heterocycles. The zero-order valence-electron chi connectivity index (χ0n) is 18.2. The summed E-state index contributed by atoms with van der Waals surface area (Å²) in [6, 6.07) is 3.46. The number of anilines is 2. The van der Waals surface area contributed by atoms with Gasteiger partial charge in [-0.15, -0.1) is 11.3 Å². The summed E-state index contributed by atoms with van der Waals surface area (Å²) >= 11 is 1.71. The van der Waals surface area contributed by atoms with Gasteiger partial charge < -0.3 is 14.5 Å². The Bertz CT molecular complexity index is 1210. The van der Waals surface area contributed by atoms with Gasteiger partial charge in [-0.3, -0.25) is 0 Å². The Morgan fingerprint density at radius 3 is 2.34 bits per heavy atom. The van der Waals surface area contributed by atoms with Crippen LogP contribution in [-0.4, -0.2) is 80.2 Å². The molecule has 2 fully saturated rings. The molecule has 0 atom stereocenters. The second-order valence-electron chi connectivity index (χ2n) is 8.00. The molecule has 5 rings (SSSR count). The summed E-state index contributed by atoms with van der Waals surface area (Å²) in [5, 5.41) is 1.15. The average molecular weight is 475 g/mol. The standard InChI is InChI=1S/C21H26N6O3S2/c1-15-16(2)31-21-19(15)20(23-14-24-21)26-7-5-25(6-8-26)18-4-3-17(13-22-18)32(28,29)27-9-11-30-12-10-27/h3-4,13-14H,5-12H2,1-2H3. The molecule has 3 aromatic rings. The Labute approximate surface area is 191 Å². The fourth-order valence-electron chi connectivity index (χ4n) is 4.20. The van der Waals surface area contributed by atoms with Crippen LogP contribution in [0.15, 0.2) is 29.6 Å². The highest BCUT2D eigenvalue weighted by atomic mass is 32.2. The lowest BCUT2D eigenvalue weighted by Crippen LogP contribution is -2.47. The predicted molar refractivity (Wildman–Crippen MR) is 125 cm³/mol. The molecule has 170 valence electrons. The van der Waals surface area contributed by atoms with E-state index in [2.05, 4.69) is 38.6 Å². The number of thiophene rings is 1. The van der Waals surface area contributed by atoms with Crippen molar-refractivity contribution in [3.8, 4) is 0 Å². The minimum Gasteiger partial charge on any atom is -0.379 e. The van der Waals surface area contributed by atoms with Crippen LogP contribution in [0.3, 0.4) is 0 Å². The van der Waals surface area contributed by atoms with E-state index in [0.29, 0.717) is 26.3 Å². The van der Waals surface area contributed by atoms with Gasteiger partial charge in [-0.25, -0.2) is 23.4 Å². The van der Waals surface area contributed by atoms with E-state index in [4.69, 9.17) is 4.74 Å². The van der Waals surface area contributed by atoms with Crippen molar-refractivity contribution in [2.45, 2.75) is 18.7 Å². The molecule has 32 heavy (non-hydrogen) atoms. The molecule has 0 radical (unpaired) electrons. The smallest absolute Gasteiger partial charge is 0.244 e. The van der Waals surface area contributed by atoms with Crippen molar-refractivity contribution in [3.63, 3.8) is 0 Å². The molecule has 0 amide bonds. The quantitative estimate of drug-likeness (QED) is 0.567. The summed E-state index contributed by atoms with van der Waals surface area (Å²) in [6.07, 6.45) is 3.12. The number of hydrogen-bond acceptors (Lipinski definition) is 9. The average Bonchev–Trinajstić information content (AvgIpc) is 3.13. The summed E-state index contributed by atoms with van der Waals surface area (Å²) < 4.78 is 32.3. The zero-order valence-corrected chi connectivity index (χ0v) is 19.8. The van der Waals surface area contributed by atoms with Gasteiger partial charge in [0.05, 0.1) is 18.6 Å². The van der Waals surface area contributed by atoms with Crippen LogP contribution in [0.2, 0.25) is 0 Å². The SMILES string of the molecule is Cc1sc2ncnc(N3CCN(c4ccc(S(=O)(=O)N5CCOCC5)cn4)CC3)c2c1C. The van der Waals surface area contributed by atoms with E-state index in [-0.39, 0.29) is 4.90 Å². The van der Waals surface area contributed by atoms with E-state index in [9.17, 15) is 8.42 Å². The molecule has 0 spiro atoms. The molecule has 9 nitrogen and oxygen atoms in total. The monoisotopic (exact) mass is 474 g/mol. The number of aryl methyl sites for hydroxylation is 2. The van der Waals surface area contributed by atoms with Crippen LogP contribution in [0.25, 0.3) is 10.2 Å². The molecule has 2 saturated heterocycles. The van der Waals surface area contributed by atoms with Gasteiger partial charge in [0.1, 0.15) is 27.7 Å². The highest BCUT2D eigenvalue weighted by Crippen LogP contribution is 2.34. The molecule has 11 heteroatoms. The van der Waals surface area contributed by atoms with Crippen molar-refractivity contribution in [2.75, 3.05) is 62.3 Å². The Morgan fingerprint density at radius 1 is 0.938 bits per heavy atom. The maximum Gasteiger partial charge on any atom is 0.244 e. The summed E-state index contributed by atoms with van der Waals surface area (Å²) in [4.78, 5) is 20.5. The fraction of sp³-hybridized carbons (Fsp3) is 0.476. The predicted octanol–water partition coefficient (Wildman–Crippen LogP) is 2.05. The van der Waals surface area contributed by atoms with Crippen molar-refractivity contribution in [1.82, 2.24) is 19.3 Å². The molecular formula is C21H26N6O3S2. The molecule has 0 N–H and O–H groups in total. The van der Waals surface area contributed by atoms with Crippen molar-refractivity contribution >= 4 is 43.2 Å². The third kappa shape index (κ3) is 3.83. The highest BCUT2D eigenvalue weighted by molar-refractivity contribution is 7.89. The van der Waals surface area contributed by atoms with Crippen molar-refractivity contribution in [1.29, 1.82) is 0 Å². The molecular weight excluding hydrogens is 448 g/mol. The Balaban J connectivity index is 1.29. The third-order valence-corrected chi connectivity index (χ3v) is 9.17. The van der Waals surface area contributed by atoms with Crippen LogP contribution in [0, 0.1) is 13.8 Å². The summed E-state index contributed by atoms with van der Waals surface area (Å²) in [5.41, 5.74) is 1.25. The van der Waals surface area contributed by atoms with Crippen LogP contribution in [-0.2, 0) is 14.8 Å². The van der Waals surface area contributed by atoms with E-state index in [1.54, 1.807) is 29.8 Å². The van der Waals surface area contributed by atoms with Gasteiger partial charge in [0.15, 0.2) is 0 Å². The first-order chi connectivity index (χ1) is 15.4. The second-order valence-corrected chi connectivity index (χ2v) is 11.1. The van der Waals surface area contributed by atoms with Crippen LogP contribution in [0.1, 0.15) is 10.4 Å². The van der Waals surface area contributed by atoms with Crippen molar-refractivity contribution < 1.29 is 13.2 Å².